The molecule has 136 valence electrons. The maximum atomic E-state index is 8.93. The van der Waals surface area contributed by atoms with Crippen molar-refractivity contribution in [2.45, 2.75) is 96.8 Å². The van der Waals surface area contributed by atoms with Crippen LogP contribution in [-0.4, -0.2) is 42.1 Å². The normalized spacial score (nSPS) is 14.5. The third-order valence-corrected chi connectivity index (χ3v) is 4.87. The van der Waals surface area contributed by atoms with E-state index < -0.39 is 0 Å². The quantitative estimate of drug-likeness (QED) is 0.397. The van der Waals surface area contributed by atoms with Crippen molar-refractivity contribution in [1.29, 1.82) is 0 Å². The maximum Gasteiger partial charge on any atom is 0.0990 e. The number of aliphatic imine (C=N–C) groups is 1. The SMILES string of the molecule is CCCCCCCCCCCCCCC1=NCCN1CCCO. The summed E-state index contributed by atoms with van der Waals surface area (Å²) in [6.07, 6.45) is 18.9. The van der Waals surface area contributed by atoms with Gasteiger partial charge in [0.25, 0.3) is 0 Å². The lowest BCUT2D eigenvalue weighted by molar-refractivity contribution is 0.269. The molecule has 0 aromatic rings. The second-order valence-corrected chi connectivity index (χ2v) is 7.00. The number of hydrogen-bond donors (Lipinski definition) is 1. The van der Waals surface area contributed by atoms with Crippen LogP contribution in [-0.2, 0) is 0 Å². The Kier molecular flexibility index (Phi) is 13.3. The lowest BCUT2D eigenvalue weighted by Crippen LogP contribution is -2.29. The van der Waals surface area contributed by atoms with Gasteiger partial charge in [0, 0.05) is 26.1 Å². The van der Waals surface area contributed by atoms with Crippen molar-refractivity contribution >= 4 is 5.84 Å². The summed E-state index contributed by atoms with van der Waals surface area (Å²) < 4.78 is 0. The van der Waals surface area contributed by atoms with E-state index >= 15 is 0 Å². The summed E-state index contributed by atoms with van der Waals surface area (Å²) >= 11 is 0. The predicted molar refractivity (Wildman–Crippen MR) is 101 cm³/mol. The van der Waals surface area contributed by atoms with E-state index in [1.807, 2.05) is 0 Å². The molecule has 0 saturated carbocycles. The Morgan fingerprint density at radius 3 is 1.96 bits per heavy atom. The van der Waals surface area contributed by atoms with Gasteiger partial charge < -0.3 is 10.0 Å². The van der Waals surface area contributed by atoms with Gasteiger partial charge in [0.05, 0.1) is 12.4 Å². The van der Waals surface area contributed by atoms with Gasteiger partial charge in [0.1, 0.15) is 0 Å². The van der Waals surface area contributed by atoms with Gasteiger partial charge in [-0.3, -0.25) is 4.99 Å². The summed E-state index contributed by atoms with van der Waals surface area (Å²) in [5.74, 6) is 1.30. The van der Waals surface area contributed by atoms with Crippen LogP contribution in [0, 0.1) is 0 Å². The number of amidine groups is 1. The Balaban J connectivity index is 1.84. The van der Waals surface area contributed by atoms with Crippen LogP contribution >= 0.6 is 0 Å². The van der Waals surface area contributed by atoms with Crippen molar-refractivity contribution < 1.29 is 5.11 Å². The molecule has 0 atom stereocenters. The van der Waals surface area contributed by atoms with Gasteiger partial charge in [-0.25, -0.2) is 0 Å². The average Bonchev–Trinajstić information content (AvgIpc) is 3.01. The molecule has 0 saturated heterocycles. The molecular weight excluding hydrogens is 284 g/mol. The highest BCUT2D eigenvalue weighted by atomic mass is 16.3. The van der Waals surface area contributed by atoms with Gasteiger partial charge in [-0.1, -0.05) is 77.6 Å². The molecular formula is C20H40N2O. The van der Waals surface area contributed by atoms with Gasteiger partial charge in [-0.15, -0.1) is 0 Å². The van der Waals surface area contributed by atoms with Crippen molar-refractivity contribution in [3.05, 3.63) is 0 Å². The highest BCUT2D eigenvalue weighted by Crippen LogP contribution is 2.14. The number of hydrogen-bond acceptors (Lipinski definition) is 3. The first kappa shape index (κ1) is 20.5. The number of aliphatic hydroxyl groups is 1. The molecule has 1 rings (SSSR count). The second kappa shape index (κ2) is 15.0. The summed E-state index contributed by atoms with van der Waals surface area (Å²) in [6, 6.07) is 0. The molecule has 1 aliphatic heterocycles. The van der Waals surface area contributed by atoms with Crippen LogP contribution in [0.3, 0.4) is 0 Å². The standard InChI is InChI=1S/C20H40N2O/c1-2-3-4-5-6-7-8-9-10-11-12-13-15-20-21-16-18-22(20)17-14-19-23/h23H,2-19H2,1H3. The summed E-state index contributed by atoms with van der Waals surface area (Å²) in [4.78, 5) is 6.99. The van der Waals surface area contributed by atoms with E-state index in [0.717, 1.165) is 32.5 Å². The molecule has 0 radical (unpaired) electrons. The van der Waals surface area contributed by atoms with Gasteiger partial charge in [-0.05, 0) is 12.8 Å². The number of unbranched alkanes of at least 4 members (excludes halogenated alkanes) is 11. The summed E-state index contributed by atoms with van der Waals surface area (Å²) in [5, 5.41) is 8.93. The van der Waals surface area contributed by atoms with Crippen LogP contribution in [0.4, 0.5) is 0 Å². The predicted octanol–water partition coefficient (Wildman–Crippen LogP) is 5.17. The monoisotopic (exact) mass is 324 g/mol. The lowest BCUT2D eigenvalue weighted by Gasteiger charge is -2.19. The molecule has 3 nitrogen and oxygen atoms in total. The first-order chi connectivity index (χ1) is 11.4. The van der Waals surface area contributed by atoms with E-state index in [9.17, 15) is 0 Å². The summed E-state index contributed by atoms with van der Waals surface area (Å²) in [5.41, 5.74) is 0. The molecule has 0 aromatic heterocycles. The third kappa shape index (κ3) is 10.8. The number of aliphatic hydroxyl groups excluding tert-OH is 1. The number of rotatable bonds is 16. The second-order valence-electron chi connectivity index (χ2n) is 7.00. The van der Waals surface area contributed by atoms with Crippen molar-refractivity contribution in [2.24, 2.45) is 4.99 Å². The molecule has 0 amide bonds. The Labute approximate surface area is 144 Å². The van der Waals surface area contributed by atoms with Crippen LogP contribution in [0.15, 0.2) is 4.99 Å². The minimum absolute atomic E-state index is 0.294. The van der Waals surface area contributed by atoms with E-state index in [-0.39, 0.29) is 0 Å². The van der Waals surface area contributed by atoms with E-state index in [2.05, 4.69) is 16.8 Å². The van der Waals surface area contributed by atoms with Crippen LogP contribution in [0.2, 0.25) is 0 Å². The molecule has 0 aliphatic carbocycles. The van der Waals surface area contributed by atoms with Crippen LogP contribution in [0.25, 0.3) is 0 Å². The van der Waals surface area contributed by atoms with Crippen LogP contribution < -0.4 is 0 Å². The van der Waals surface area contributed by atoms with Crippen molar-refractivity contribution in [3.8, 4) is 0 Å². The highest BCUT2D eigenvalue weighted by molar-refractivity contribution is 5.83. The zero-order chi connectivity index (χ0) is 16.6. The van der Waals surface area contributed by atoms with E-state index in [1.165, 1.54) is 82.9 Å². The fourth-order valence-corrected chi connectivity index (χ4v) is 3.39. The van der Waals surface area contributed by atoms with Crippen molar-refractivity contribution in [3.63, 3.8) is 0 Å². The molecule has 0 aromatic carbocycles. The molecule has 0 spiro atoms. The molecule has 0 unspecified atom stereocenters. The zero-order valence-electron chi connectivity index (χ0n) is 15.6. The van der Waals surface area contributed by atoms with Crippen molar-refractivity contribution in [1.82, 2.24) is 4.90 Å². The van der Waals surface area contributed by atoms with E-state index in [1.54, 1.807) is 0 Å². The zero-order valence-corrected chi connectivity index (χ0v) is 15.6. The first-order valence-corrected chi connectivity index (χ1v) is 10.3. The Bertz CT molecular complexity index is 291. The number of nitrogens with zero attached hydrogens (tertiary/aromatic N) is 2. The topological polar surface area (TPSA) is 35.8 Å². The molecule has 3 heteroatoms. The van der Waals surface area contributed by atoms with E-state index in [0.29, 0.717) is 6.61 Å². The van der Waals surface area contributed by atoms with Gasteiger partial charge in [0.15, 0.2) is 0 Å². The van der Waals surface area contributed by atoms with Gasteiger partial charge >= 0.3 is 0 Å². The molecule has 0 fully saturated rings. The van der Waals surface area contributed by atoms with Crippen LogP contribution in [0.5, 0.6) is 0 Å². The molecule has 1 aliphatic rings. The first-order valence-electron chi connectivity index (χ1n) is 10.3. The van der Waals surface area contributed by atoms with Gasteiger partial charge in [0.2, 0.25) is 0 Å². The fourth-order valence-electron chi connectivity index (χ4n) is 3.39. The van der Waals surface area contributed by atoms with Crippen LogP contribution in [0.1, 0.15) is 96.8 Å². The minimum Gasteiger partial charge on any atom is -0.396 e. The summed E-state index contributed by atoms with van der Waals surface area (Å²) in [6.45, 7) is 5.58. The molecule has 1 N–H and O–H groups in total. The van der Waals surface area contributed by atoms with Crippen molar-refractivity contribution in [2.75, 3.05) is 26.2 Å². The fraction of sp³-hybridized carbons (Fsp3) is 0.950. The Morgan fingerprint density at radius 2 is 1.39 bits per heavy atom. The molecule has 0 bridgehead atoms. The molecule has 23 heavy (non-hydrogen) atoms. The van der Waals surface area contributed by atoms with Gasteiger partial charge in [-0.2, -0.15) is 0 Å². The minimum atomic E-state index is 0.294. The maximum absolute atomic E-state index is 8.93. The molecule has 1 heterocycles. The third-order valence-electron chi connectivity index (χ3n) is 4.87. The lowest BCUT2D eigenvalue weighted by atomic mass is 10.0. The largest absolute Gasteiger partial charge is 0.396 e. The average molecular weight is 325 g/mol. The Hall–Kier alpha value is -0.570. The highest BCUT2D eigenvalue weighted by Gasteiger charge is 2.15. The summed E-state index contributed by atoms with van der Waals surface area (Å²) in [7, 11) is 0. The van der Waals surface area contributed by atoms with E-state index in [4.69, 9.17) is 5.11 Å². The Morgan fingerprint density at radius 1 is 0.826 bits per heavy atom. The smallest absolute Gasteiger partial charge is 0.0990 e.